The summed E-state index contributed by atoms with van der Waals surface area (Å²) in [5, 5.41) is 0. The van der Waals surface area contributed by atoms with Crippen molar-refractivity contribution in [2.45, 2.75) is 45.6 Å². The maximum Gasteiger partial charge on any atom is 0.351 e. The smallest absolute Gasteiger partial charge is 0.351 e. The largest absolute Gasteiger partial charge is 0.459 e. The average molecular weight is 481 g/mol. The highest BCUT2D eigenvalue weighted by Crippen LogP contribution is 2.31. The molecule has 3 aromatic rings. The van der Waals surface area contributed by atoms with Gasteiger partial charge in [0.2, 0.25) is 0 Å². The van der Waals surface area contributed by atoms with Crippen LogP contribution in [0.2, 0.25) is 0 Å². The number of ether oxygens (including phenoxy) is 3. The molecular weight excluding hydrogens is 450 g/mol. The number of esters is 2. The molecule has 2 heterocycles. The van der Waals surface area contributed by atoms with Crippen LogP contribution in [-0.2, 0) is 14.2 Å². The summed E-state index contributed by atoms with van der Waals surface area (Å²) in [7, 11) is 0. The van der Waals surface area contributed by atoms with E-state index in [-0.39, 0.29) is 18.6 Å². The molecule has 1 saturated heterocycles. The molecule has 2 N–H and O–H groups in total. The molecule has 1 aromatic heterocycles. The Morgan fingerprint density at radius 3 is 2.29 bits per heavy atom. The maximum atomic E-state index is 12.8. The summed E-state index contributed by atoms with van der Waals surface area (Å²) in [6, 6.07) is 13.6. The van der Waals surface area contributed by atoms with Crippen LogP contribution in [0.5, 0.6) is 0 Å². The molecule has 9 nitrogen and oxygen atoms in total. The van der Waals surface area contributed by atoms with Gasteiger partial charge in [-0.25, -0.2) is 14.4 Å². The summed E-state index contributed by atoms with van der Waals surface area (Å²) < 4.78 is 41.1. The lowest BCUT2D eigenvalue weighted by Gasteiger charge is -2.19. The molecule has 0 bridgehead atoms. The van der Waals surface area contributed by atoms with E-state index in [0.29, 0.717) is 11.1 Å². The number of benzene rings is 2. The molecular formula is C26H27N3O6. The van der Waals surface area contributed by atoms with Crippen LogP contribution in [0.25, 0.3) is 0 Å². The molecule has 2 aromatic carbocycles. The van der Waals surface area contributed by atoms with E-state index in [4.69, 9.17) is 24.1 Å². The van der Waals surface area contributed by atoms with E-state index in [9.17, 15) is 14.4 Å². The average Bonchev–Trinajstić information content (AvgIpc) is 3.24. The fourth-order valence-corrected chi connectivity index (χ4v) is 3.66. The van der Waals surface area contributed by atoms with E-state index in [1.54, 1.807) is 48.5 Å². The van der Waals surface area contributed by atoms with Crippen molar-refractivity contribution in [3.05, 3.63) is 93.0 Å². The number of rotatable bonds is 6. The number of anilines is 1. The number of nitrogens with zero attached hydrogens (tertiary/aromatic N) is 2. The topological polar surface area (TPSA) is 123 Å². The Morgan fingerprint density at radius 1 is 1.09 bits per heavy atom. The van der Waals surface area contributed by atoms with Gasteiger partial charge in [0.05, 0.1) is 11.1 Å². The molecule has 3 atom stereocenters. The zero-order valence-corrected chi connectivity index (χ0v) is 19.3. The quantitative estimate of drug-likeness (QED) is 0.534. The van der Waals surface area contributed by atoms with E-state index in [1.807, 2.05) is 13.8 Å². The summed E-state index contributed by atoms with van der Waals surface area (Å²) in [5.74, 6) is -1.63. The molecule has 0 spiro atoms. The standard InChI is InChI=1S/C26H27N3O6/c1-15-4-8-18(9-5-15)24(30)33-14-21-20(35-25(31)19-10-6-16(2)7-11-19)12-22(34-21)29-13-17(3)23(27)28-26(29)32/h4-11,13,20-22H,12,14H2,1-3H3,(H2,27,28,32)/t20?,21-,22+/m0/s1/i3D3. The summed E-state index contributed by atoms with van der Waals surface area (Å²) in [6.07, 6.45) is -1.85. The molecule has 182 valence electrons. The monoisotopic (exact) mass is 480 g/mol. The van der Waals surface area contributed by atoms with Crippen molar-refractivity contribution in [2.75, 3.05) is 12.3 Å². The van der Waals surface area contributed by atoms with Crippen molar-refractivity contribution in [3.63, 3.8) is 0 Å². The van der Waals surface area contributed by atoms with Crippen molar-refractivity contribution >= 4 is 17.8 Å². The van der Waals surface area contributed by atoms with Crippen molar-refractivity contribution in [2.24, 2.45) is 0 Å². The minimum atomic E-state index is -2.62. The van der Waals surface area contributed by atoms with Gasteiger partial charge < -0.3 is 19.9 Å². The predicted molar refractivity (Wildman–Crippen MR) is 128 cm³/mol. The number of hydrogen-bond donors (Lipinski definition) is 1. The van der Waals surface area contributed by atoms with E-state index < -0.39 is 48.7 Å². The second kappa shape index (κ2) is 10.1. The number of aryl methyl sites for hydroxylation is 3. The lowest BCUT2D eigenvalue weighted by atomic mass is 10.1. The zero-order valence-electron chi connectivity index (χ0n) is 22.3. The van der Waals surface area contributed by atoms with Gasteiger partial charge in [-0.05, 0) is 45.0 Å². The third-order valence-electron chi connectivity index (χ3n) is 5.68. The zero-order chi connectivity index (χ0) is 27.6. The van der Waals surface area contributed by atoms with Crippen molar-refractivity contribution in [1.82, 2.24) is 9.55 Å². The first-order valence-electron chi connectivity index (χ1n) is 12.5. The number of nitrogens with two attached hydrogens (primary N) is 1. The molecule has 4 rings (SSSR count). The van der Waals surface area contributed by atoms with Crippen LogP contribution in [0.15, 0.2) is 59.5 Å². The van der Waals surface area contributed by atoms with Gasteiger partial charge in [0.1, 0.15) is 30.9 Å². The first-order valence-corrected chi connectivity index (χ1v) is 11.0. The first kappa shape index (κ1) is 20.4. The third kappa shape index (κ3) is 5.58. The van der Waals surface area contributed by atoms with Crippen LogP contribution in [-0.4, -0.2) is 40.3 Å². The summed E-state index contributed by atoms with van der Waals surface area (Å²) in [6.45, 7) is 0.874. The SMILES string of the molecule is [2H]C([2H])([2H])c1cn([C@H]2CC(OC(=O)c3ccc(C)cc3)[C@H](COC(=O)c3ccc(C)cc3)O2)c(=O)nc1N. The molecule has 0 aliphatic carbocycles. The fourth-order valence-electron chi connectivity index (χ4n) is 3.66. The summed E-state index contributed by atoms with van der Waals surface area (Å²) in [4.78, 5) is 41.6. The normalized spacial score (nSPS) is 21.0. The number of aromatic nitrogens is 2. The van der Waals surface area contributed by atoms with Crippen molar-refractivity contribution < 1.29 is 27.9 Å². The molecule has 1 aliphatic heterocycles. The maximum absolute atomic E-state index is 12.8. The van der Waals surface area contributed by atoms with E-state index in [2.05, 4.69) is 4.98 Å². The van der Waals surface area contributed by atoms with Crippen LogP contribution in [0.3, 0.4) is 0 Å². The Kier molecular flexibility index (Phi) is 5.89. The summed E-state index contributed by atoms with van der Waals surface area (Å²) in [5.41, 5.74) is 7.10. The van der Waals surface area contributed by atoms with Gasteiger partial charge in [-0.1, -0.05) is 35.4 Å². The highest BCUT2D eigenvalue weighted by molar-refractivity contribution is 5.90. The van der Waals surface area contributed by atoms with Crippen LogP contribution in [0.4, 0.5) is 5.82 Å². The molecule has 0 radical (unpaired) electrons. The van der Waals surface area contributed by atoms with Gasteiger partial charge in [0.15, 0.2) is 0 Å². The van der Waals surface area contributed by atoms with Gasteiger partial charge in [-0.15, -0.1) is 0 Å². The third-order valence-corrected chi connectivity index (χ3v) is 5.68. The second-order valence-corrected chi connectivity index (χ2v) is 8.37. The lowest BCUT2D eigenvalue weighted by Crippen LogP contribution is -2.32. The molecule has 35 heavy (non-hydrogen) atoms. The Morgan fingerprint density at radius 2 is 1.69 bits per heavy atom. The second-order valence-electron chi connectivity index (χ2n) is 8.37. The molecule has 1 fully saturated rings. The number of nitrogen functional groups attached to an aromatic ring is 1. The predicted octanol–water partition coefficient (Wildman–Crippen LogP) is 3.12. The Labute approximate surface area is 206 Å². The molecule has 0 amide bonds. The highest BCUT2D eigenvalue weighted by atomic mass is 16.6. The van der Waals surface area contributed by atoms with Crippen LogP contribution < -0.4 is 11.4 Å². The molecule has 0 saturated carbocycles. The van der Waals surface area contributed by atoms with E-state index in [0.717, 1.165) is 21.9 Å². The minimum absolute atomic E-state index is 0.0176. The molecule has 1 aliphatic rings. The number of carbonyl (C=O) groups is 2. The minimum Gasteiger partial charge on any atom is -0.459 e. The fraction of sp³-hybridized carbons (Fsp3) is 0.308. The number of carbonyl (C=O) groups excluding carboxylic acids is 2. The van der Waals surface area contributed by atoms with Crippen LogP contribution in [0, 0.1) is 20.7 Å². The van der Waals surface area contributed by atoms with Crippen LogP contribution in [0.1, 0.15) is 54.2 Å². The molecule has 1 unspecified atom stereocenters. The van der Waals surface area contributed by atoms with Gasteiger partial charge >= 0.3 is 17.6 Å². The summed E-state index contributed by atoms with van der Waals surface area (Å²) >= 11 is 0. The van der Waals surface area contributed by atoms with Gasteiger partial charge in [0, 0.05) is 22.3 Å². The Balaban J connectivity index is 1.57. The van der Waals surface area contributed by atoms with Gasteiger partial charge in [0.25, 0.3) is 0 Å². The van der Waals surface area contributed by atoms with E-state index >= 15 is 0 Å². The van der Waals surface area contributed by atoms with Crippen molar-refractivity contribution in [3.8, 4) is 0 Å². The lowest BCUT2D eigenvalue weighted by molar-refractivity contribution is -0.0582. The van der Waals surface area contributed by atoms with Gasteiger partial charge in [-0.3, -0.25) is 4.57 Å². The van der Waals surface area contributed by atoms with Crippen molar-refractivity contribution in [1.29, 1.82) is 0 Å². The highest BCUT2D eigenvalue weighted by Gasteiger charge is 2.40. The van der Waals surface area contributed by atoms with Crippen LogP contribution >= 0.6 is 0 Å². The van der Waals surface area contributed by atoms with Gasteiger partial charge in [-0.2, -0.15) is 4.98 Å². The van der Waals surface area contributed by atoms with E-state index in [1.165, 1.54) is 0 Å². The first-order chi connectivity index (χ1) is 17.9. The number of hydrogen-bond acceptors (Lipinski definition) is 8. The Hall–Kier alpha value is -3.98. The molecule has 9 heteroatoms. The Bertz CT molecular complexity index is 1390.